The van der Waals surface area contributed by atoms with Crippen molar-refractivity contribution < 1.29 is 8.81 Å². The number of benzene rings is 1. The number of halogens is 1. The number of aromatic amines is 1. The highest BCUT2D eigenvalue weighted by Crippen LogP contribution is 2.25. The van der Waals surface area contributed by atoms with Crippen molar-refractivity contribution in [3.05, 3.63) is 71.6 Å². The Labute approximate surface area is 149 Å². The summed E-state index contributed by atoms with van der Waals surface area (Å²) in [5.74, 6) is 1.08. The second kappa shape index (κ2) is 6.07. The van der Waals surface area contributed by atoms with Gasteiger partial charge in [-0.15, -0.1) is 0 Å². The Hall–Kier alpha value is -2.99. The predicted molar refractivity (Wildman–Crippen MR) is 95.8 cm³/mol. The average Bonchev–Trinajstić information content (AvgIpc) is 3.32. The van der Waals surface area contributed by atoms with Crippen molar-refractivity contribution in [1.82, 2.24) is 19.9 Å². The zero-order chi connectivity index (χ0) is 17.5. The van der Waals surface area contributed by atoms with Gasteiger partial charge in [-0.1, -0.05) is 0 Å². The first kappa shape index (κ1) is 15.3. The minimum Gasteiger partial charge on any atom is -0.461 e. The zero-order valence-electron chi connectivity index (χ0n) is 14.1. The van der Waals surface area contributed by atoms with Gasteiger partial charge >= 0.3 is 0 Å². The summed E-state index contributed by atoms with van der Waals surface area (Å²) in [5, 5.41) is 0.940. The first-order valence-corrected chi connectivity index (χ1v) is 8.63. The molecule has 0 spiro atoms. The van der Waals surface area contributed by atoms with E-state index in [9.17, 15) is 4.39 Å². The number of aromatic nitrogens is 3. The summed E-state index contributed by atoms with van der Waals surface area (Å²) in [6, 6.07) is 8.55. The van der Waals surface area contributed by atoms with Crippen LogP contribution >= 0.6 is 0 Å². The molecular weight excluding hydrogens is 331 g/mol. The van der Waals surface area contributed by atoms with Gasteiger partial charge in [-0.2, -0.15) is 0 Å². The van der Waals surface area contributed by atoms with E-state index in [1.807, 2.05) is 24.5 Å². The van der Waals surface area contributed by atoms with E-state index >= 15 is 0 Å². The van der Waals surface area contributed by atoms with E-state index in [1.165, 1.54) is 11.6 Å². The lowest BCUT2D eigenvalue weighted by atomic mass is 10.1. The van der Waals surface area contributed by atoms with Gasteiger partial charge in [0.15, 0.2) is 11.6 Å². The summed E-state index contributed by atoms with van der Waals surface area (Å²) in [6.45, 7) is 2.43. The van der Waals surface area contributed by atoms with Gasteiger partial charge in [-0.05, 0) is 47.9 Å². The van der Waals surface area contributed by atoms with Crippen LogP contribution in [0.4, 0.5) is 4.39 Å². The normalized spacial score (nSPS) is 14.7. The van der Waals surface area contributed by atoms with Crippen LogP contribution in [0.25, 0.3) is 22.5 Å². The fraction of sp³-hybridized carbons (Fsp3) is 0.200. The number of rotatable bonds is 3. The molecule has 6 heteroatoms. The van der Waals surface area contributed by atoms with Crippen molar-refractivity contribution in [2.24, 2.45) is 0 Å². The van der Waals surface area contributed by atoms with Crippen LogP contribution < -0.4 is 0 Å². The lowest BCUT2D eigenvalue weighted by Crippen LogP contribution is -2.31. The number of nitrogens with one attached hydrogen (secondary N) is 1. The Kier molecular flexibility index (Phi) is 3.57. The maximum absolute atomic E-state index is 13.6. The highest BCUT2D eigenvalue weighted by molar-refractivity contribution is 5.83. The molecule has 0 saturated carbocycles. The van der Waals surface area contributed by atoms with Gasteiger partial charge in [0.1, 0.15) is 5.82 Å². The van der Waals surface area contributed by atoms with Crippen LogP contribution in [0.2, 0.25) is 0 Å². The van der Waals surface area contributed by atoms with Gasteiger partial charge in [0.2, 0.25) is 0 Å². The standard InChI is InChI=1S/C20H17FN4O/c21-15-3-4-17-16(8-15)14(10-22-17)11-25-6-5-13-9-23-20(24-18(13)12-25)19-2-1-7-26-19/h1-4,7-10,22H,5-6,11-12H2. The van der Waals surface area contributed by atoms with E-state index in [-0.39, 0.29) is 5.82 Å². The first-order valence-electron chi connectivity index (χ1n) is 8.63. The second-order valence-electron chi connectivity index (χ2n) is 6.61. The molecule has 0 aliphatic carbocycles. The molecule has 0 radical (unpaired) electrons. The van der Waals surface area contributed by atoms with Crippen LogP contribution in [0, 0.1) is 5.82 Å². The highest BCUT2D eigenvalue weighted by Gasteiger charge is 2.20. The van der Waals surface area contributed by atoms with Gasteiger partial charge in [0.05, 0.1) is 12.0 Å². The largest absolute Gasteiger partial charge is 0.461 e. The molecule has 0 amide bonds. The van der Waals surface area contributed by atoms with Crippen LogP contribution in [-0.2, 0) is 19.5 Å². The van der Waals surface area contributed by atoms with Gasteiger partial charge < -0.3 is 9.40 Å². The molecule has 26 heavy (non-hydrogen) atoms. The highest BCUT2D eigenvalue weighted by atomic mass is 19.1. The van der Waals surface area contributed by atoms with Gasteiger partial charge in [-0.25, -0.2) is 14.4 Å². The smallest absolute Gasteiger partial charge is 0.195 e. The van der Waals surface area contributed by atoms with Crippen molar-refractivity contribution in [2.45, 2.75) is 19.5 Å². The van der Waals surface area contributed by atoms with Gasteiger partial charge in [0, 0.05) is 42.9 Å². The summed E-state index contributed by atoms with van der Waals surface area (Å²) >= 11 is 0. The Morgan fingerprint density at radius 3 is 3.12 bits per heavy atom. The third-order valence-electron chi connectivity index (χ3n) is 4.89. The van der Waals surface area contributed by atoms with Crippen LogP contribution in [0.3, 0.4) is 0 Å². The number of fused-ring (bicyclic) bond motifs is 2. The van der Waals surface area contributed by atoms with E-state index in [4.69, 9.17) is 9.40 Å². The molecule has 0 atom stereocenters. The van der Waals surface area contributed by atoms with E-state index in [0.717, 1.165) is 48.2 Å². The fourth-order valence-corrected chi connectivity index (χ4v) is 3.54. The average molecular weight is 348 g/mol. The van der Waals surface area contributed by atoms with Crippen molar-refractivity contribution in [3.8, 4) is 11.6 Å². The van der Waals surface area contributed by atoms with Crippen LogP contribution in [0.5, 0.6) is 0 Å². The Balaban J connectivity index is 1.41. The second-order valence-corrected chi connectivity index (χ2v) is 6.61. The predicted octanol–water partition coefficient (Wildman–Crippen LogP) is 3.92. The number of H-pyrrole nitrogens is 1. The minimum absolute atomic E-state index is 0.210. The Morgan fingerprint density at radius 1 is 1.27 bits per heavy atom. The lowest BCUT2D eigenvalue weighted by molar-refractivity contribution is 0.242. The van der Waals surface area contributed by atoms with Gasteiger partial charge in [0.25, 0.3) is 0 Å². The van der Waals surface area contributed by atoms with Gasteiger partial charge in [-0.3, -0.25) is 4.90 Å². The summed E-state index contributed by atoms with van der Waals surface area (Å²) in [5.41, 5.74) is 4.27. The molecular formula is C20H17FN4O. The van der Waals surface area contributed by atoms with E-state index in [2.05, 4.69) is 14.9 Å². The molecule has 0 unspecified atom stereocenters. The monoisotopic (exact) mass is 348 g/mol. The molecule has 0 fully saturated rings. The molecule has 0 bridgehead atoms. The summed E-state index contributed by atoms with van der Waals surface area (Å²) in [7, 11) is 0. The van der Waals surface area contributed by atoms with Crippen molar-refractivity contribution in [1.29, 1.82) is 0 Å². The molecule has 4 heterocycles. The third kappa shape index (κ3) is 2.68. The van der Waals surface area contributed by atoms with E-state index in [1.54, 1.807) is 18.4 Å². The first-order chi connectivity index (χ1) is 12.8. The molecule has 130 valence electrons. The third-order valence-corrected chi connectivity index (χ3v) is 4.89. The topological polar surface area (TPSA) is 58.0 Å². The summed E-state index contributed by atoms with van der Waals surface area (Å²) < 4.78 is 19.0. The van der Waals surface area contributed by atoms with Crippen LogP contribution in [-0.4, -0.2) is 26.4 Å². The molecule has 0 saturated heterocycles. The Morgan fingerprint density at radius 2 is 2.23 bits per heavy atom. The number of hydrogen-bond acceptors (Lipinski definition) is 4. The quantitative estimate of drug-likeness (QED) is 0.610. The van der Waals surface area contributed by atoms with Crippen molar-refractivity contribution in [2.75, 3.05) is 6.54 Å². The number of furan rings is 1. The number of nitrogens with zero attached hydrogens (tertiary/aromatic N) is 3. The molecule has 1 aliphatic rings. The molecule has 1 aliphatic heterocycles. The fourth-order valence-electron chi connectivity index (χ4n) is 3.54. The maximum Gasteiger partial charge on any atom is 0.195 e. The zero-order valence-corrected chi connectivity index (χ0v) is 14.1. The van der Waals surface area contributed by atoms with Crippen LogP contribution in [0.1, 0.15) is 16.8 Å². The van der Waals surface area contributed by atoms with Crippen LogP contribution in [0.15, 0.2) is 53.4 Å². The van der Waals surface area contributed by atoms with E-state index in [0.29, 0.717) is 11.6 Å². The minimum atomic E-state index is -0.210. The molecule has 5 nitrogen and oxygen atoms in total. The van der Waals surface area contributed by atoms with Crippen molar-refractivity contribution in [3.63, 3.8) is 0 Å². The Bertz CT molecular complexity index is 1070. The van der Waals surface area contributed by atoms with Crippen molar-refractivity contribution >= 4 is 10.9 Å². The molecule has 1 N–H and O–H groups in total. The molecule has 3 aromatic heterocycles. The molecule has 4 aromatic rings. The molecule has 5 rings (SSSR count). The SMILES string of the molecule is Fc1ccc2[nH]cc(CN3CCc4cnc(-c5ccco5)nc4C3)c2c1. The number of hydrogen-bond donors (Lipinski definition) is 1. The lowest BCUT2D eigenvalue weighted by Gasteiger charge is -2.27. The van der Waals surface area contributed by atoms with E-state index < -0.39 is 0 Å². The summed E-state index contributed by atoms with van der Waals surface area (Å²) in [4.78, 5) is 14.7. The maximum atomic E-state index is 13.6. The molecule has 1 aromatic carbocycles. The summed E-state index contributed by atoms with van der Waals surface area (Å²) in [6.07, 6.45) is 6.40.